The lowest BCUT2D eigenvalue weighted by molar-refractivity contribution is -0.122. The number of nitrogens with two attached hydrogens (primary N) is 2. The number of carbonyl (C=O) groups excluding carboxylic acids is 1. The zero-order valence-corrected chi connectivity index (χ0v) is 12.4. The molecule has 1 unspecified atom stereocenters. The fraction of sp³-hybridized carbons (Fsp3) is 0.533. The number of anilines is 1. The molecule has 0 spiro atoms. The van der Waals surface area contributed by atoms with E-state index in [-0.39, 0.29) is 0 Å². The highest BCUT2D eigenvalue weighted by Gasteiger charge is 2.24. The molecule has 4 N–H and O–H groups in total. The topological polar surface area (TPSA) is 72.3 Å². The van der Waals surface area contributed by atoms with Crippen LogP contribution in [0.4, 0.5) is 5.69 Å². The molecule has 0 saturated carbocycles. The molecule has 0 bridgehead atoms. The third-order valence-corrected chi connectivity index (χ3v) is 3.40. The molecule has 19 heavy (non-hydrogen) atoms. The van der Waals surface area contributed by atoms with Gasteiger partial charge in [-0.25, -0.2) is 0 Å². The molecule has 106 valence electrons. The van der Waals surface area contributed by atoms with Crippen LogP contribution in [0.2, 0.25) is 0 Å². The Kier molecular flexibility index (Phi) is 4.95. The van der Waals surface area contributed by atoms with Crippen molar-refractivity contribution in [1.82, 2.24) is 0 Å². The van der Waals surface area contributed by atoms with E-state index in [4.69, 9.17) is 11.5 Å². The van der Waals surface area contributed by atoms with Crippen LogP contribution in [0.25, 0.3) is 0 Å². The summed E-state index contributed by atoms with van der Waals surface area (Å²) in [5.74, 6) is -0.443. The fourth-order valence-electron chi connectivity index (χ4n) is 2.11. The van der Waals surface area contributed by atoms with Crippen molar-refractivity contribution < 1.29 is 4.79 Å². The Morgan fingerprint density at radius 1 is 1.26 bits per heavy atom. The molecule has 0 aromatic heterocycles. The molecule has 0 fully saturated rings. The Labute approximate surface area is 115 Å². The van der Waals surface area contributed by atoms with Crippen LogP contribution < -0.4 is 16.4 Å². The van der Waals surface area contributed by atoms with Crippen LogP contribution in [0, 0.1) is 13.8 Å². The van der Waals surface area contributed by atoms with E-state index in [1.54, 1.807) is 6.92 Å². The molecule has 0 aliphatic rings. The molecule has 0 aliphatic carbocycles. The summed E-state index contributed by atoms with van der Waals surface area (Å²) in [6.45, 7) is 6.72. The van der Waals surface area contributed by atoms with E-state index in [2.05, 4.69) is 36.9 Å². The van der Waals surface area contributed by atoms with E-state index in [0.29, 0.717) is 6.42 Å². The molecule has 0 heterocycles. The van der Waals surface area contributed by atoms with Gasteiger partial charge in [0.25, 0.3) is 0 Å². The van der Waals surface area contributed by atoms with Gasteiger partial charge in [0.05, 0.1) is 5.54 Å². The van der Waals surface area contributed by atoms with Gasteiger partial charge in [0.1, 0.15) is 0 Å². The summed E-state index contributed by atoms with van der Waals surface area (Å²) in [6.07, 6.45) is 1.43. The van der Waals surface area contributed by atoms with Crippen molar-refractivity contribution in [2.45, 2.75) is 39.2 Å². The lowest BCUT2D eigenvalue weighted by Gasteiger charge is -2.24. The quantitative estimate of drug-likeness (QED) is 0.821. The molecular formula is C15H25N3O. The van der Waals surface area contributed by atoms with E-state index >= 15 is 0 Å². The Morgan fingerprint density at radius 3 is 2.26 bits per heavy atom. The molecule has 0 aliphatic heterocycles. The van der Waals surface area contributed by atoms with Crippen LogP contribution >= 0.6 is 0 Å². The molecule has 4 nitrogen and oxygen atoms in total. The van der Waals surface area contributed by atoms with Crippen molar-refractivity contribution in [2.24, 2.45) is 11.5 Å². The summed E-state index contributed by atoms with van der Waals surface area (Å²) in [4.78, 5) is 13.3. The highest BCUT2D eigenvalue weighted by atomic mass is 16.1. The summed E-state index contributed by atoms with van der Waals surface area (Å²) in [5, 5.41) is 0. The molecule has 1 aromatic carbocycles. The smallest absolute Gasteiger partial charge is 0.237 e. The molecule has 1 amide bonds. The first-order chi connectivity index (χ1) is 8.72. The largest absolute Gasteiger partial charge is 0.375 e. The Bertz CT molecular complexity index is 434. The standard InChI is InChI=1S/C15H25N3O/c1-11-8-12(2)10-13(9-11)18(4)7-5-6-15(3,17)14(16)19/h8-10H,5-7,17H2,1-4H3,(H2,16,19). The van der Waals surface area contributed by atoms with Crippen LogP contribution in [0.15, 0.2) is 18.2 Å². The predicted molar refractivity (Wildman–Crippen MR) is 80.2 cm³/mol. The number of nitrogens with zero attached hydrogens (tertiary/aromatic N) is 1. The minimum absolute atomic E-state index is 0.443. The highest BCUT2D eigenvalue weighted by Crippen LogP contribution is 2.18. The summed E-state index contributed by atoms with van der Waals surface area (Å²) in [5.41, 5.74) is 13.9. The second-order valence-corrected chi connectivity index (χ2v) is 5.65. The van der Waals surface area contributed by atoms with Gasteiger partial charge in [-0.3, -0.25) is 4.79 Å². The number of hydrogen-bond acceptors (Lipinski definition) is 3. The minimum atomic E-state index is -0.913. The van der Waals surface area contributed by atoms with Crippen molar-refractivity contribution in [1.29, 1.82) is 0 Å². The second-order valence-electron chi connectivity index (χ2n) is 5.65. The van der Waals surface area contributed by atoms with Gasteiger partial charge < -0.3 is 16.4 Å². The van der Waals surface area contributed by atoms with Gasteiger partial charge in [-0.2, -0.15) is 0 Å². The number of hydrogen-bond donors (Lipinski definition) is 2. The second kappa shape index (κ2) is 6.06. The van der Waals surface area contributed by atoms with Crippen molar-refractivity contribution >= 4 is 11.6 Å². The summed E-state index contributed by atoms with van der Waals surface area (Å²) < 4.78 is 0. The van der Waals surface area contributed by atoms with E-state index in [0.717, 1.165) is 13.0 Å². The van der Waals surface area contributed by atoms with Gasteiger partial charge in [0.2, 0.25) is 5.91 Å². The normalized spacial score (nSPS) is 13.9. The number of primary amides is 1. The first kappa shape index (κ1) is 15.5. The van der Waals surface area contributed by atoms with Crippen molar-refractivity contribution in [3.8, 4) is 0 Å². The molecule has 0 saturated heterocycles. The van der Waals surface area contributed by atoms with Gasteiger partial charge in [-0.05, 0) is 56.9 Å². The fourth-order valence-corrected chi connectivity index (χ4v) is 2.11. The maximum atomic E-state index is 11.1. The lowest BCUT2D eigenvalue weighted by Crippen LogP contribution is -2.49. The Hall–Kier alpha value is -1.55. The Balaban J connectivity index is 2.56. The highest BCUT2D eigenvalue weighted by molar-refractivity contribution is 5.83. The molecule has 1 rings (SSSR count). The third-order valence-electron chi connectivity index (χ3n) is 3.40. The zero-order valence-electron chi connectivity index (χ0n) is 12.4. The maximum absolute atomic E-state index is 11.1. The molecule has 0 radical (unpaired) electrons. The summed E-state index contributed by atoms with van der Waals surface area (Å²) in [7, 11) is 2.05. The SMILES string of the molecule is Cc1cc(C)cc(N(C)CCCC(C)(N)C(N)=O)c1. The van der Waals surface area contributed by atoms with Gasteiger partial charge in [0, 0.05) is 19.3 Å². The summed E-state index contributed by atoms with van der Waals surface area (Å²) in [6, 6.07) is 6.47. The number of benzene rings is 1. The lowest BCUT2D eigenvalue weighted by atomic mass is 9.96. The number of amides is 1. The van der Waals surface area contributed by atoms with Crippen LogP contribution in [0.1, 0.15) is 30.9 Å². The van der Waals surface area contributed by atoms with Crippen molar-refractivity contribution in [3.05, 3.63) is 29.3 Å². The third kappa shape index (κ3) is 4.56. The molecule has 4 heteroatoms. The average Bonchev–Trinajstić information content (AvgIpc) is 2.27. The van der Waals surface area contributed by atoms with Gasteiger partial charge in [-0.15, -0.1) is 0 Å². The zero-order chi connectivity index (χ0) is 14.6. The number of aryl methyl sites for hydroxylation is 2. The van der Waals surface area contributed by atoms with Crippen LogP contribution in [-0.2, 0) is 4.79 Å². The molecular weight excluding hydrogens is 238 g/mol. The van der Waals surface area contributed by atoms with Crippen LogP contribution in [0.3, 0.4) is 0 Å². The maximum Gasteiger partial charge on any atom is 0.237 e. The molecule has 1 aromatic rings. The van der Waals surface area contributed by atoms with Crippen LogP contribution in [0.5, 0.6) is 0 Å². The number of rotatable bonds is 6. The monoisotopic (exact) mass is 263 g/mol. The van der Waals surface area contributed by atoms with E-state index in [9.17, 15) is 4.79 Å². The van der Waals surface area contributed by atoms with Crippen molar-refractivity contribution in [2.75, 3.05) is 18.5 Å². The van der Waals surface area contributed by atoms with Gasteiger partial charge in [0.15, 0.2) is 0 Å². The molecule has 1 atom stereocenters. The predicted octanol–water partition coefficient (Wildman–Crippen LogP) is 1.72. The Morgan fingerprint density at radius 2 is 1.79 bits per heavy atom. The van der Waals surface area contributed by atoms with Gasteiger partial charge >= 0.3 is 0 Å². The van der Waals surface area contributed by atoms with Gasteiger partial charge in [-0.1, -0.05) is 6.07 Å². The first-order valence-corrected chi connectivity index (χ1v) is 6.60. The summed E-state index contributed by atoms with van der Waals surface area (Å²) >= 11 is 0. The average molecular weight is 263 g/mol. The number of carbonyl (C=O) groups is 1. The van der Waals surface area contributed by atoms with E-state index in [1.807, 2.05) is 7.05 Å². The first-order valence-electron chi connectivity index (χ1n) is 6.60. The van der Waals surface area contributed by atoms with E-state index < -0.39 is 11.4 Å². The van der Waals surface area contributed by atoms with Crippen LogP contribution in [-0.4, -0.2) is 25.0 Å². The minimum Gasteiger partial charge on any atom is -0.375 e. The van der Waals surface area contributed by atoms with E-state index in [1.165, 1.54) is 16.8 Å². The van der Waals surface area contributed by atoms with Crippen molar-refractivity contribution in [3.63, 3.8) is 0 Å².